The van der Waals surface area contributed by atoms with Crippen LogP contribution in [0.25, 0.3) is 21.4 Å². The van der Waals surface area contributed by atoms with E-state index in [2.05, 4.69) is 35.2 Å². The summed E-state index contributed by atoms with van der Waals surface area (Å²) in [6.45, 7) is 4.37. The van der Waals surface area contributed by atoms with Gasteiger partial charge < -0.3 is 20.1 Å². The van der Waals surface area contributed by atoms with Gasteiger partial charge in [0.2, 0.25) is 5.95 Å². The minimum absolute atomic E-state index is 0.235. The summed E-state index contributed by atoms with van der Waals surface area (Å²) in [6, 6.07) is 5.62. The third-order valence-electron chi connectivity index (χ3n) is 5.60. The number of rotatable bonds is 7. The number of pyridine rings is 1. The number of aromatic nitrogens is 4. The summed E-state index contributed by atoms with van der Waals surface area (Å²) in [6.07, 6.45) is -3.27. The molecule has 0 spiro atoms. The topological polar surface area (TPSA) is 106 Å². The van der Waals surface area contributed by atoms with E-state index in [0.29, 0.717) is 57.8 Å². The quantitative estimate of drug-likeness (QED) is 0.382. The van der Waals surface area contributed by atoms with Gasteiger partial charge in [-0.3, -0.25) is 14.3 Å². The van der Waals surface area contributed by atoms with Crippen LogP contribution in [-0.2, 0) is 11.8 Å². The predicted octanol–water partition coefficient (Wildman–Crippen LogP) is 3.28. The van der Waals surface area contributed by atoms with Gasteiger partial charge in [-0.05, 0) is 18.2 Å². The molecule has 1 fully saturated rings. The molecule has 0 aliphatic carbocycles. The Morgan fingerprint density at radius 3 is 2.78 bits per heavy atom. The molecular formula is C22H22F3N7O3S. The van der Waals surface area contributed by atoms with Gasteiger partial charge in [0.1, 0.15) is 11.3 Å². The monoisotopic (exact) mass is 521 g/mol. The van der Waals surface area contributed by atoms with E-state index in [0.717, 1.165) is 31.0 Å². The van der Waals surface area contributed by atoms with E-state index >= 15 is 0 Å². The lowest BCUT2D eigenvalue weighted by atomic mass is 10.2. The molecule has 10 nitrogen and oxygen atoms in total. The molecule has 4 aromatic rings. The van der Waals surface area contributed by atoms with Crippen molar-refractivity contribution in [2.24, 2.45) is 7.05 Å². The first-order chi connectivity index (χ1) is 17.2. The number of alkyl halides is 3. The highest BCUT2D eigenvalue weighted by Crippen LogP contribution is 2.33. The molecule has 190 valence electrons. The molecule has 0 saturated carbocycles. The van der Waals surface area contributed by atoms with Crippen molar-refractivity contribution in [2.75, 3.05) is 44.7 Å². The molecule has 3 aromatic heterocycles. The van der Waals surface area contributed by atoms with Gasteiger partial charge in [-0.25, -0.2) is 15.0 Å². The first-order valence-electron chi connectivity index (χ1n) is 11.1. The number of benzene rings is 1. The Bertz CT molecular complexity index is 1400. The minimum atomic E-state index is -4.77. The van der Waals surface area contributed by atoms with Crippen molar-refractivity contribution in [2.45, 2.75) is 6.36 Å². The van der Waals surface area contributed by atoms with Gasteiger partial charge in [-0.2, -0.15) is 0 Å². The van der Waals surface area contributed by atoms with Crippen LogP contribution in [0.3, 0.4) is 0 Å². The number of nitrogens with zero attached hydrogens (tertiary/aromatic N) is 5. The van der Waals surface area contributed by atoms with E-state index in [4.69, 9.17) is 4.74 Å². The average Bonchev–Trinajstić information content (AvgIpc) is 3.38. The predicted molar refractivity (Wildman–Crippen MR) is 128 cm³/mol. The van der Waals surface area contributed by atoms with Crippen molar-refractivity contribution in [3.05, 3.63) is 36.0 Å². The Labute approximate surface area is 207 Å². The largest absolute Gasteiger partial charge is 0.573 e. The number of carbonyl (C=O) groups is 1. The fraction of sp³-hybridized carbons (Fsp3) is 0.364. The molecule has 36 heavy (non-hydrogen) atoms. The molecule has 14 heteroatoms. The summed E-state index contributed by atoms with van der Waals surface area (Å²) in [5.74, 6) is -0.123. The Morgan fingerprint density at radius 1 is 1.19 bits per heavy atom. The lowest BCUT2D eigenvalue weighted by Gasteiger charge is -2.26. The molecule has 1 aliphatic heterocycles. The van der Waals surface area contributed by atoms with Crippen LogP contribution in [0.5, 0.6) is 5.75 Å². The summed E-state index contributed by atoms with van der Waals surface area (Å²) in [5, 5.41) is 6.42. The molecule has 2 N–H and O–H groups in total. The second kappa shape index (κ2) is 9.87. The van der Waals surface area contributed by atoms with Crippen LogP contribution in [0.1, 0.15) is 10.4 Å². The molecule has 1 saturated heterocycles. The number of amides is 1. The highest BCUT2D eigenvalue weighted by Gasteiger charge is 2.31. The Hall–Kier alpha value is -3.49. The number of fused-ring (bicyclic) bond motifs is 2. The maximum atomic E-state index is 12.6. The highest BCUT2D eigenvalue weighted by molar-refractivity contribution is 7.22. The van der Waals surface area contributed by atoms with Gasteiger partial charge in [0.05, 0.1) is 29.0 Å². The van der Waals surface area contributed by atoms with Gasteiger partial charge in [-0.15, -0.1) is 13.2 Å². The molecule has 1 aromatic carbocycles. The molecule has 0 unspecified atom stereocenters. The van der Waals surface area contributed by atoms with E-state index in [1.807, 2.05) is 0 Å². The first kappa shape index (κ1) is 24.2. The fourth-order valence-corrected chi connectivity index (χ4v) is 4.71. The summed E-state index contributed by atoms with van der Waals surface area (Å²) < 4.78 is 49.0. The minimum Gasteiger partial charge on any atom is -0.406 e. The van der Waals surface area contributed by atoms with Crippen LogP contribution < -0.4 is 15.4 Å². The zero-order chi connectivity index (χ0) is 25.3. The van der Waals surface area contributed by atoms with Crippen LogP contribution in [0.4, 0.5) is 24.3 Å². The normalized spacial score (nSPS) is 14.9. The zero-order valence-electron chi connectivity index (χ0n) is 19.1. The number of nitrogens with one attached hydrogen (secondary N) is 2. The van der Waals surface area contributed by atoms with Crippen molar-refractivity contribution in [3.63, 3.8) is 0 Å². The summed E-state index contributed by atoms with van der Waals surface area (Å²) in [4.78, 5) is 28.1. The van der Waals surface area contributed by atoms with Gasteiger partial charge in [0.15, 0.2) is 10.8 Å². The number of hydrogen-bond donors (Lipinski definition) is 2. The maximum absolute atomic E-state index is 12.6. The number of anilines is 2. The lowest BCUT2D eigenvalue weighted by Crippen LogP contribution is -2.41. The Morgan fingerprint density at radius 2 is 2.00 bits per heavy atom. The van der Waals surface area contributed by atoms with E-state index in [1.165, 1.54) is 24.4 Å². The van der Waals surface area contributed by atoms with Crippen molar-refractivity contribution in [1.82, 2.24) is 29.7 Å². The molecule has 5 rings (SSSR count). The fourth-order valence-electron chi connectivity index (χ4n) is 3.82. The number of ether oxygens (including phenoxy) is 2. The number of thiazole rings is 1. The van der Waals surface area contributed by atoms with E-state index in [1.54, 1.807) is 17.7 Å². The van der Waals surface area contributed by atoms with Crippen molar-refractivity contribution >= 4 is 49.7 Å². The van der Waals surface area contributed by atoms with E-state index in [9.17, 15) is 18.0 Å². The summed E-state index contributed by atoms with van der Waals surface area (Å²) in [5.41, 5.74) is 1.99. The maximum Gasteiger partial charge on any atom is 0.573 e. The smallest absolute Gasteiger partial charge is 0.406 e. The number of carbonyl (C=O) groups excluding carboxylic acids is 1. The van der Waals surface area contributed by atoms with Gasteiger partial charge in [0, 0.05) is 45.5 Å². The zero-order valence-corrected chi connectivity index (χ0v) is 19.9. The van der Waals surface area contributed by atoms with Gasteiger partial charge in [-0.1, -0.05) is 11.3 Å². The first-order valence-corrected chi connectivity index (χ1v) is 11.9. The second-order valence-corrected chi connectivity index (χ2v) is 9.12. The molecule has 0 bridgehead atoms. The molecule has 0 atom stereocenters. The lowest BCUT2D eigenvalue weighted by molar-refractivity contribution is -0.274. The number of imidazole rings is 1. The third kappa shape index (κ3) is 5.50. The number of hydrogen-bond acceptors (Lipinski definition) is 9. The summed E-state index contributed by atoms with van der Waals surface area (Å²) in [7, 11) is 1.76. The van der Waals surface area contributed by atoms with Crippen LogP contribution >= 0.6 is 11.3 Å². The van der Waals surface area contributed by atoms with Crippen LogP contribution in [0.15, 0.2) is 30.5 Å². The number of halogens is 3. The van der Waals surface area contributed by atoms with Crippen molar-refractivity contribution < 1.29 is 27.4 Å². The highest BCUT2D eigenvalue weighted by atomic mass is 32.1. The SMILES string of the molecule is Cn1c(Nc2nc3ccc(OC(F)(F)F)cc3s2)nc2cc(C(=O)NCCN3CCOCC3)cnc21. The number of aryl methyl sites for hydroxylation is 1. The van der Waals surface area contributed by atoms with E-state index < -0.39 is 6.36 Å². The Kier molecular flexibility index (Phi) is 6.64. The molecular weight excluding hydrogens is 499 g/mol. The van der Waals surface area contributed by atoms with Crippen LogP contribution in [0.2, 0.25) is 0 Å². The van der Waals surface area contributed by atoms with Crippen LogP contribution in [-0.4, -0.2) is 76.1 Å². The summed E-state index contributed by atoms with van der Waals surface area (Å²) >= 11 is 1.16. The van der Waals surface area contributed by atoms with Crippen molar-refractivity contribution in [3.8, 4) is 5.75 Å². The second-order valence-electron chi connectivity index (χ2n) is 8.09. The number of morpholine rings is 1. The van der Waals surface area contributed by atoms with Gasteiger partial charge in [0.25, 0.3) is 5.91 Å². The Balaban J connectivity index is 1.28. The standard InChI is InChI=1S/C22H22F3N7O3S/c1-31-18-16(10-13(12-27-18)19(33)26-4-5-32-6-8-34-9-7-32)28-20(31)30-21-29-15-3-2-14(11-17(15)36-21)35-22(23,24)25/h2-3,10-12H,4-9H2,1H3,(H,26,33)(H,28,29,30). The molecule has 4 heterocycles. The average molecular weight is 522 g/mol. The van der Waals surface area contributed by atoms with Crippen LogP contribution in [0, 0.1) is 0 Å². The van der Waals surface area contributed by atoms with Gasteiger partial charge >= 0.3 is 6.36 Å². The molecule has 1 aliphatic rings. The van der Waals surface area contributed by atoms with Crippen molar-refractivity contribution in [1.29, 1.82) is 0 Å². The third-order valence-corrected chi connectivity index (χ3v) is 6.53. The molecule has 0 radical (unpaired) electrons. The van der Waals surface area contributed by atoms with E-state index in [-0.39, 0.29) is 11.7 Å². The molecule has 1 amide bonds.